The predicted molar refractivity (Wildman–Crippen MR) is 160 cm³/mol. The smallest absolute Gasteiger partial charge is 0.187 e. The number of hydrogen-bond donors (Lipinski definition) is 3. The van der Waals surface area contributed by atoms with Crippen LogP contribution in [0.5, 0.6) is 23.0 Å². The first-order valence-electron chi connectivity index (χ1n) is 14.2. The van der Waals surface area contributed by atoms with E-state index in [0.717, 1.165) is 61.6 Å². The number of anilines is 1. The van der Waals surface area contributed by atoms with Gasteiger partial charge in [-0.05, 0) is 50.7 Å². The zero-order chi connectivity index (χ0) is 28.5. The van der Waals surface area contributed by atoms with Gasteiger partial charge in [-0.1, -0.05) is 42.5 Å². The van der Waals surface area contributed by atoms with Gasteiger partial charge in [0.05, 0.1) is 19.9 Å². The number of hydrogen-bond acceptors (Lipinski definition) is 9. The van der Waals surface area contributed by atoms with Crippen molar-refractivity contribution in [3.8, 4) is 23.0 Å². The second kappa shape index (κ2) is 11.1. The Morgan fingerprint density at radius 1 is 0.976 bits per heavy atom. The number of aliphatic imine (C=N–C) groups is 1. The molecule has 9 heteroatoms. The molecule has 41 heavy (non-hydrogen) atoms. The van der Waals surface area contributed by atoms with Crippen LogP contribution >= 0.6 is 0 Å². The number of fused-ring (bicyclic) bond motifs is 2. The maximum absolute atomic E-state index is 6.61. The molecule has 0 bridgehead atoms. The molecule has 1 unspecified atom stereocenters. The number of amidine groups is 1. The van der Waals surface area contributed by atoms with E-state index >= 15 is 0 Å². The average Bonchev–Trinajstić information content (AvgIpc) is 3.02. The lowest BCUT2D eigenvalue weighted by molar-refractivity contribution is 0.121. The molecule has 1 saturated heterocycles. The van der Waals surface area contributed by atoms with E-state index in [1.165, 1.54) is 11.1 Å². The van der Waals surface area contributed by atoms with Gasteiger partial charge in [0.25, 0.3) is 0 Å². The monoisotopic (exact) mass is 557 g/mol. The van der Waals surface area contributed by atoms with Gasteiger partial charge in [0.1, 0.15) is 19.0 Å². The molecule has 3 aromatic rings. The van der Waals surface area contributed by atoms with E-state index in [2.05, 4.69) is 58.0 Å². The minimum atomic E-state index is -0.793. The molecule has 3 aromatic carbocycles. The molecule has 4 N–H and O–H groups in total. The summed E-state index contributed by atoms with van der Waals surface area (Å²) in [5.41, 5.74) is 10.6. The van der Waals surface area contributed by atoms with Gasteiger partial charge in [-0.2, -0.15) is 0 Å². The zero-order valence-electron chi connectivity index (χ0n) is 24.0. The normalized spacial score (nSPS) is 21.3. The predicted octanol–water partition coefficient (Wildman–Crippen LogP) is 4.10. The van der Waals surface area contributed by atoms with Gasteiger partial charge in [-0.25, -0.2) is 4.99 Å². The fourth-order valence-corrected chi connectivity index (χ4v) is 6.49. The Kier molecular flexibility index (Phi) is 7.40. The minimum absolute atomic E-state index is 0.124. The second-order valence-corrected chi connectivity index (χ2v) is 11.0. The summed E-state index contributed by atoms with van der Waals surface area (Å²) >= 11 is 0. The topological polar surface area (TPSA) is 103 Å². The van der Waals surface area contributed by atoms with Crippen molar-refractivity contribution in [1.82, 2.24) is 10.2 Å². The lowest BCUT2D eigenvalue weighted by atomic mass is 9.68. The summed E-state index contributed by atoms with van der Waals surface area (Å²) in [6.45, 7) is 3.90. The van der Waals surface area contributed by atoms with Crippen molar-refractivity contribution in [2.45, 2.75) is 37.0 Å². The molecule has 0 aliphatic carbocycles. The van der Waals surface area contributed by atoms with E-state index in [1.807, 2.05) is 25.2 Å². The molecule has 0 saturated carbocycles. The van der Waals surface area contributed by atoms with Gasteiger partial charge in [-0.15, -0.1) is 0 Å². The highest BCUT2D eigenvalue weighted by Gasteiger charge is 2.45. The summed E-state index contributed by atoms with van der Waals surface area (Å²) in [5.74, 6) is 2.66. The van der Waals surface area contributed by atoms with Crippen molar-refractivity contribution < 1.29 is 18.9 Å². The number of piperidine rings is 1. The standard InChI is InChI=1S/C32H39N5O4/c1-34-32(35-25-19-28(39-3)27(38-2)18-24(25)30(33)36-32)21-31(23-9-5-4-6-10-23)12-14-37(15-13-31)20-22-8-7-11-26-29(22)41-17-16-40-26/h4-11,18-19,34-35H,12-17,20-21H2,1-3H3,(H2,33,36). The number of ether oxygens (including phenoxy) is 4. The van der Waals surface area contributed by atoms with Crippen LogP contribution in [0.1, 0.15) is 36.0 Å². The van der Waals surface area contributed by atoms with Gasteiger partial charge < -0.3 is 30.0 Å². The molecule has 9 nitrogen and oxygen atoms in total. The van der Waals surface area contributed by atoms with Crippen LogP contribution in [0.4, 0.5) is 5.69 Å². The number of nitrogens with one attached hydrogen (secondary N) is 2. The molecule has 0 aromatic heterocycles. The van der Waals surface area contributed by atoms with Gasteiger partial charge in [0, 0.05) is 35.6 Å². The fraction of sp³-hybridized carbons (Fsp3) is 0.406. The molecule has 1 fully saturated rings. The molecule has 216 valence electrons. The van der Waals surface area contributed by atoms with Gasteiger partial charge >= 0.3 is 0 Å². The summed E-state index contributed by atoms with van der Waals surface area (Å²) in [4.78, 5) is 7.55. The summed E-state index contributed by atoms with van der Waals surface area (Å²) < 4.78 is 22.9. The van der Waals surface area contributed by atoms with Crippen molar-refractivity contribution >= 4 is 11.5 Å². The van der Waals surface area contributed by atoms with Crippen LogP contribution in [0, 0.1) is 0 Å². The van der Waals surface area contributed by atoms with Crippen molar-refractivity contribution in [2.75, 3.05) is 52.9 Å². The zero-order valence-corrected chi connectivity index (χ0v) is 24.0. The van der Waals surface area contributed by atoms with E-state index in [0.29, 0.717) is 30.5 Å². The van der Waals surface area contributed by atoms with Crippen LogP contribution < -0.4 is 35.3 Å². The first-order valence-corrected chi connectivity index (χ1v) is 14.2. The number of rotatable bonds is 8. The Labute approximate surface area is 241 Å². The van der Waals surface area contributed by atoms with Crippen molar-refractivity contribution in [1.29, 1.82) is 0 Å². The third kappa shape index (κ3) is 5.15. The molecule has 0 radical (unpaired) electrons. The van der Waals surface area contributed by atoms with Gasteiger partial charge in [-0.3, -0.25) is 10.2 Å². The molecular formula is C32H39N5O4. The van der Waals surface area contributed by atoms with Crippen LogP contribution in [0.25, 0.3) is 0 Å². The third-order valence-corrected chi connectivity index (χ3v) is 8.70. The lowest BCUT2D eigenvalue weighted by Gasteiger charge is -2.48. The summed E-state index contributed by atoms with van der Waals surface area (Å²) in [6, 6.07) is 20.8. The highest BCUT2D eigenvalue weighted by Crippen LogP contribution is 2.45. The number of benzene rings is 3. The number of nitrogens with two attached hydrogens (primary N) is 1. The average molecular weight is 558 g/mol. The van der Waals surface area contributed by atoms with E-state index in [9.17, 15) is 0 Å². The Bertz CT molecular complexity index is 1420. The minimum Gasteiger partial charge on any atom is -0.493 e. The van der Waals surface area contributed by atoms with Crippen LogP contribution in [-0.4, -0.2) is 64.1 Å². The Morgan fingerprint density at radius 2 is 1.71 bits per heavy atom. The highest BCUT2D eigenvalue weighted by atomic mass is 16.6. The molecule has 1 atom stereocenters. The Morgan fingerprint density at radius 3 is 2.44 bits per heavy atom. The van der Waals surface area contributed by atoms with Crippen molar-refractivity contribution in [2.24, 2.45) is 10.7 Å². The largest absolute Gasteiger partial charge is 0.493 e. The number of nitrogens with zero attached hydrogens (tertiary/aromatic N) is 2. The number of para-hydroxylation sites is 1. The van der Waals surface area contributed by atoms with Crippen LogP contribution in [0.15, 0.2) is 65.7 Å². The number of methoxy groups -OCH3 is 2. The van der Waals surface area contributed by atoms with E-state index < -0.39 is 5.79 Å². The first-order chi connectivity index (χ1) is 20.0. The van der Waals surface area contributed by atoms with Crippen LogP contribution in [-0.2, 0) is 12.0 Å². The molecule has 0 spiro atoms. The molecular weight excluding hydrogens is 518 g/mol. The quantitative estimate of drug-likeness (QED) is 0.381. The molecule has 3 heterocycles. The van der Waals surface area contributed by atoms with Crippen LogP contribution in [0.2, 0.25) is 0 Å². The molecule has 3 aliphatic rings. The Hall–Kier alpha value is -3.95. The van der Waals surface area contributed by atoms with Crippen molar-refractivity contribution in [3.63, 3.8) is 0 Å². The summed E-state index contributed by atoms with van der Waals surface area (Å²) in [6.07, 6.45) is 2.67. The molecule has 3 aliphatic heterocycles. The summed E-state index contributed by atoms with van der Waals surface area (Å²) in [7, 11) is 5.19. The maximum Gasteiger partial charge on any atom is 0.187 e. The summed E-state index contributed by atoms with van der Waals surface area (Å²) in [5, 5.41) is 7.17. The third-order valence-electron chi connectivity index (χ3n) is 8.70. The van der Waals surface area contributed by atoms with Crippen LogP contribution in [0.3, 0.4) is 0 Å². The Balaban J connectivity index is 1.28. The fourth-order valence-electron chi connectivity index (χ4n) is 6.49. The SMILES string of the molecule is CNC1(CC2(c3ccccc3)CCN(Cc3cccc4c3OCCO4)CC2)N=C(N)c2cc(OC)c(OC)cc2N1. The maximum atomic E-state index is 6.61. The number of likely N-dealkylation sites (tertiary alicyclic amines) is 1. The first kappa shape index (κ1) is 27.2. The molecule has 6 rings (SSSR count). The van der Waals surface area contributed by atoms with E-state index in [1.54, 1.807) is 14.2 Å². The van der Waals surface area contributed by atoms with E-state index in [4.69, 9.17) is 29.7 Å². The van der Waals surface area contributed by atoms with E-state index in [-0.39, 0.29) is 5.41 Å². The van der Waals surface area contributed by atoms with Gasteiger partial charge in [0.15, 0.2) is 28.8 Å². The molecule has 0 amide bonds. The lowest BCUT2D eigenvalue weighted by Crippen LogP contribution is -2.57. The highest BCUT2D eigenvalue weighted by molar-refractivity contribution is 6.05. The van der Waals surface area contributed by atoms with Gasteiger partial charge in [0.2, 0.25) is 0 Å². The van der Waals surface area contributed by atoms with Crippen molar-refractivity contribution in [3.05, 3.63) is 77.4 Å². The second-order valence-electron chi connectivity index (χ2n) is 11.0.